The second-order valence-corrected chi connectivity index (χ2v) is 5.81. The van der Waals surface area contributed by atoms with Gasteiger partial charge in [-0.15, -0.1) is 0 Å². The SMILES string of the molecule is Cc1ccc(C)c(NCc2ccc3c(c2)CCN3C)c1. The van der Waals surface area contributed by atoms with Gasteiger partial charge in [-0.25, -0.2) is 0 Å². The molecule has 1 heterocycles. The van der Waals surface area contributed by atoms with Crippen molar-refractivity contribution in [2.45, 2.75) is 26.8 Å². The van der Waals surface area contributed by atoms with Crippen molar-refractivity contribution in [3.05, 3.63) is 58.7 Å². The summed E-state index contributed by atoms with van der Waals surface area (Å²) in [5, 5.41) is 3.56. The normalized spacial score (nSPS) is 13.4. The van der Waals surface area contributed by atoms with Gasteiger partial charge in [0.2, 0.25) is 0 Å². The van der Waals surface area contributed by atoms with Gasteiger partial charge in [-0.1, -0.05) is 24.3 Å². The molecule has 2 heteroatoms. The fraction of sp³-hybridized carbons (Fsp3) is 0.333. The second kappa shape index (κ2) is 5.20. The summed E-state index contributed by atoms with van der Waals surface area (Å²) in [5.74, 6) is 0. The number of likely N-dealkylation sites (N-methyl/N-ethyl adjacent to an activating group) is 1. The van der Waals surface area contributed by atoms with E-state index in [2.05, 4.69) is 67.5 Å². The molecule has 1 aliphatic heterocycles. The highest BCUT2D eigenvalue weighted by Crippen LogP contribution is 2.27. The molecule has 20 heavy (non-hydrogen) atoms. The number of hydrogen-bond acceptors (Lipinski definition) is 2. The van der Waals surface area contributed by atoms with Crippen LogP contribution >= 0.6 is 0 Å². The lowest BCUT2D eigenvalue weighted by Crippen LogP contribution is -2.12. The summed E-state index contributed by atoms with van der Waals surface area (Å²) in [4.78, 5) is 2.33. The summed E-state index contributed by atoms with van der Waals surface area (Å²) in [6.07, 6.45) is 1.17. The lowest BCUT2D eigenvalue weighted by atomic mass is 10.1. The fourth-order valence-corrected chi connectivity index (χ4v) is 2.85. The minimum absolute atomic E-state index is 0.890. The smallest absolute Gasteiger partial charge is 0.0401 e. The minimum Gasteiger partial charge on any atom is -0.381 e. The Balaban J connectivity index is 1.74. The van der Waals surface area contributed by atoms with Gasteiger partial charge < -0.3 is 10.2 Å². The van der Waals surface area contributed by atoms with E-state index in [0.717, 1.165) is 13.1 Å². The number of hydrogen-bond donors (Lipinski definition) is 1. The molecule has 2 aromatic carbocycles. The zero-order chi connectivity index (χ0) is 14.1. The Labute approximate surface area is 121 Å². The molecule has 2 nitrogen and oxygen atoms in total. The molecule has 0 fully saturated rings. The minimum atomic E-state index is 0.890. The highest BCUT2D eigenvalue weighted by molar-refractivity contribution is 5.59. The zero-order valence-electron chi connectivity index (χ0n) is 12.5. The lowest BCUT2D eigenvalue weighted by molar-refractivity contribution is 0.955. The van der Waals surface area contributed by atoms with E-state index in [4.69, 9.17) is 0 Å². The van der Waals surface area contributed by atoms with Crippen molar-refractivity contribution >= 4 is 11.4 Å². The van der Waals surface area contributed by atoms with Crippen LogP contribution in [0, 0.1) is 13.8 Å². The molecule has 0 saturated carbocycles. The Bertz CT molecular complexity index is 631. The van der Waals surface area contributed by atoms with Crippen molar-refractivity contribution in [2.24, 2.45) is 0 Å². The van der Waals surface area contributed by atoms with Crippen molar-refractivity contribution in [1.29, 1.82) is 0 Å². The Morgan fingerprint density at radius 3 is 2.80 bits per heavy atom. The van der Waals surface area contributed by atoms with E-state index < -0.39 is 0 Å². The Morgan fingerprint density at radius 2 is 1.95 bits per heavy atom. The monoisotopic (exact) mass is 266 g/mol. The summed E-state index contributed by atoms with van der Waals surface area (Å²) in [6, 6.07) is 13.4. The Morgan fingerprint density at radius 1 is 1.10 bits per heavy atom. The van der Waals surface area contributed by atoms with E-state index in [1.165, 1.54) is 40.0 Å². The molecule has 2 aromatic rings. The van der Waals surface area contributed by atoms with Crippen LogP contribution in [0.5, 0.6) is 0 Å². The lowest BCUT2D eigenvalue weighted by Gasteiger charge is -2.13. The van der Waals surface area contributed by atoms with Crippen LogP contribution in [0.1, 0.15) is 22.3 Å². The van der Waals surface area contributed by atoms with Gasteiger partial charge in [-0.3, -0.25) is 0 Å². The van der Waals surface area contributed by atoms with Crippen LogP contribution < -0.4 is 10.2 Å². The standard InChI is InChI=1S/C18H22N2/c1-13-4-5-14(2)17(10-13)19-12-15-6-7-18-16(11-15)8-9-20(18)3/h4-7,10-11,19H,8-9,12H2,1-3H3. The van der Waals surface area contributed by atoms with Crippen molar-refractivity contribution in [3.63, 3.8) is 0 Å². The van der Waals surface area contributed by atoms with Gasteiger partial charge in [0.05, 0.1) is 0 Å². The summed E-state index contributed by atoms with van der Waals surface area (Å²) in [6.45, 7) is 6.32. The van der Waals surface area contributed by atoms with Crippen molar-refractivity contribution < 1.29 is 0 Å². The molecule has 0 saturated heterocycles. The van der Waals surface area contributed by atoms with Gasteiger partial charge in [0.25, 0.3) is 0 Å². The summed E-state index contributed by atoms with van der Waals surface area (Å²) in [5.41, 5.74) is 8.07. The van der Waals surface area contributed by atoms with Gasteiger partial charge in [-0.2, -0.15) is 0 Å². The number of benzene rings is 2. The molecule has 104 valence electrons. The largest absolute Gasteiger partial charge is 0.381 e. The maximum atomic E-state index is 3.56. The molecule has 0 amide bonds. The Hall–Kier alpha value is -1.96. The van der Waals surface area contributed by atoms with Gasteiger partial charge in [-0.05, 0) is 54.7 Å². The van der Waals surface area contributed by atoms with E-state index in [0.29, 0.717) is 0 Å². The third-order valence-electron chi connectivity index (χ3n) is 4.15. The highest BCUT2D eigenvalue weighted by Gasteiger charge is 2.15. The maximum Gasteiger partial charge on any atom is 0.0401 e. The average Bonchev–Trinajstić information content (AvgIpc) is 2.81. The molecule has 0 spiro atoms. The first-order valence-electron chi connectivity index (χ1n) is 7.27. The van der Waals surface area contributed by atoms with E-state index in [1.54, 1.807) is 0 Å². The van der Waals surface area contributed by atoms with E-state index >= 15 is 0 Å². The van der Waals surface area contributed by atoms with Gasteiger partial charge in [0.1, 0.15) is 0 Å². The fourth-order valence-electron chi connectivity index (χ4n) is 2.85. The molecular formula is C18H22N2. The van der Waals surface area contributed by atoms with Gasteiger partial charge in [0, 0.05) is 31.5 Å². The predicted molar refractivity (Wildman–Crippen MR) is 86.7 cm³/mol. The Kier molecular flexibility index (Phi) is 3.39. The number of nitrogens with one attached hydrogen (secondary N) is 1. The van der Waals surface area contributed by atoms with E-state index in [-0.39, 0.29) is 0 Å². The van der Waals surface area contributed by atoms with E-state index in [1.807, 2.05) is 0 Å². The highest BCUT2D eigenvalue weighted by atomic mass is 15.1. The van der Waals surface area contributed by atoms with Crippen LogP contribution in [-0.2, 0) is 13.0 Å². The van der Waals surface area contributed by atoms with E-state index in [9.17, 15) is 0 Å². The molecule has 1 aliphatic rings. The molecule has 3 rings (SSSR count). The topological polar surface area (TPSA) is 15.3 Å². The molecular weight excluding hydrogens is 244 g/mol. The van der Waals surface area contributed by atoms with Crippen molar-refractivity contribution in [2.75, 3.05) is 23.8 Å². The molecule has 0 unspecified atom stereocenters. The van der Waals surface area contributed by atoms with Crippen LogP contribution in [0.25, 0.3) is 0 Å². The van der Waals surface area contributed by atoms with Crippen LogP contribution in [0.15, 0.2) is 36.4 Å². The van der Waals surface area contributed by atoms with Crippen molar-refractivity contribution in [1.82, 2.24) is 0 Å². The first-order chi connectivity index (χ1) is 9.63. The first kappa shape index (κ1) is 13.0. The number of fused-ring (bicyclic) bond motifs is 1. The zero-order valence-corrected chi connectivity index (χ0v) is 12.5. The molecule has 0 aromatic heterocycles. The molecule has 0 bridgehead atoms. The van der Waals surface area contributed by atoms with Crippen molar-refractivity contribution in [3.8, 4) is 0 Å². The average molecular weight is 266 g/mol. The number of anilines is 2. The number of aryl methyl sites for hydroxylation is 2. The van der Waals surface area contributed by atoms with Crippen LogP contribution in [0.4, 0.5) is 11.4 Å². The summed E-state index contributed by atoms with van der Waals surface area (Å²) in [7, 11) is 2.17. The number of rotatable bonds is 3. The third kappa shape index (κ3) is 2.51. The molecule has 0 radical (unpaired) electrons. The van der Waals surface area contributed by atoms with Gasteiger partial charge in [0.15, 0.2) is 0 Å². The van der Waals surface area contributed by atoms with Crippen LogP contribution in [0.3, 0.4) is 0 Å². The molecule has 0 aliphatic carbocycles. The quantitative estimate of drug-likeness (QED) is 0.906. The maximum absolute atomic E-state index is 3.56. The molecule has 1 N–H and O–H groups in total. The first-order valence-corrected chi connectivity index (χ1v) is 7.27. The summed E-state index contributed by atoms with van der Waals surface area (Å²) >= 11 is 0. The molecule has 0 atom stereocenters. The number of nitrogens with zero attached hydrogens (tertiary/aromatic N) is 1. The summed E-state index contributed by atoms with van der Waals surface area (Å²) < 4.78 is 0. The third-order valence-corrected chi connectivity index (χ3v) is 4.15. The predicted octanol–water partition coefficient (Wildman–Crippen LogP) is 3.91. The van der Waals surface area contributed by atoms with Gasteiger partial charge >= 0.3 is 0 Å². The second-order valence-electron chi connectivity index (χ2n) is 5.81. The van der Waals surface area contributed by atoms with Crippen LogP contribution in [-0.4, -0.2) is 13.6 Å². The van der Waals surface area contributed by atoms with Crippen LogP contribution in [0.2, 0.25) is 0 Å².